The van der Waals surface area contributed by atoms with E-state index in [1.807, 2.05) is 24.3 Å². The second-order valence-electron chi connectivity index (χ2n) is 4.79. The van der Waals surface area contributed by atoms with Crippen LogP contribution in [0.1, 0.15) is 30.8 Å². The quantitative estimate of drug-likeness (QED) is 0.678. The van der Waals surface area contributed by atoms with Gasteiger partial charge in [-0.1, -0.05) is 24.3 Å². The Morgan fingerprint density at radius 1 is 1.27 bits per heavy atom. The fraction of sp³-hybridized carbons (Fsp3) is 0.375. The van der Waals surface area contributed by atoms with Gasteiger partial charge in [-0.2, -0.15) is 0 Å². The van der Waals surface area contributed by atoms with Crippen molar-refractivity contribution in [2.24, 2.45) is 0 Å². The van der Waals surface area contributed by atoms with Crippen molar-refractivity contribution >= 4 is 18.0 Å². The molecule has 0 saturated carbocycles. The van der Waals surface area contributed by atoms with Crippen LogP contribution in [0.5, 0.6) is 0 Å². The number of carbonyl (C=O) groups excluding carboxylic acids is 2. The lowest BCUT2D eigenvalue weighted by Crippen LogP contribution is -2.26. The maximum absolute atomic E-state index is 11.8. The van der Waals surface area contributed by atoms with E-state index in [2.05, 4.69) is 10.1 Å². The topological polar surface area (TPSA) is 73.9 Å². The number of nitrogens with one attached hydrogen (secondary N) is 1. The van der Waals surface area contributed by atoms with Gasteiger partial charge in [-0.05, 0) is 18.1 Å². The van der Waals surface area contributed by atoms with Gasteiger partial charge in [-0.15, -0.1) is 0 Å². The number of carbonyl (C=O) groups is 2. The summed E-state index contributed by atoms with van der Waals surface area (Å²) in [6.07, 6.45) is 1.94. The highest BCUT2D eigenvalue weighted by atomic mass is 16.7. The number of hydrogen-bond donors (Lipinski definition) is 1. The third-order valence-corrected chi connectivity index (χ3v) is 3.09. The van der Waals surface area contributed by atoms with E-state index in [0.29, 0.717) is 13.2 Å². The number of benzene rings is 1. The summed E-state index contributed by atoms with van der Waals surface area (Å²) in [4.78, 5) is 23.0. The molecule has 0 atom stereocenters. The normalized spacial score (nSPS) is 16.2. The summed E-state index contributed by atoms with van der Waals surface area (Å²) in [6, 6.07) is 7.39. The highest BCUT2D eigenvalue weighted by Crippen LogP contribution is 2.27. The van der Waals surface area contributed by atoms with Gasteiger partial charge in [-0.25, -0.2) is 4.79 Å². The van der Waals surface area contributed by atoms with Crippen molar-refractivity contribution in [1.29, 1.82) is 0 Å². The summed E-state index contributed by atoms with van der Waals surface area (Å²) < 4.78 is 15.9. The molecule has 0 aromatic heterocycles. The van der Waals surface area contributed by atoms with Gasteiger partial charge in [0, 0.05) is 12.5 Å². The maximum atomic E-state index is 11.8. The summed E-state index contributed by atoms with van der Waals surface area (Å²) in [5.41, 5.74) is 1.59. The van der Waals surface area contributed by atoms with Gasteiger partial charge in [0.1, 0.15) is 5.70 Å². The van der Waals surface area contributed by atoms with Gasteiger partial charge < -0.3 is 19.5 Å². The van der Waals surface area contributed by atoms with Crippen molar-refractivity contribution in [1.82, 2.24) is 5.32 Å². The average molecular weight is 305 g/mol. The van der Waals surface area contributed by atoms with Gasteiger partial charge in [0.05, 0.1) is 20.3 Å². The molecule has 118 valence electrons. The monoisotopic (exact) mass is 305 g/mol. The molecule has 1 aromatic rings. The van der Waals surface area contributed by atoms with E-state index < -0.39 is 12.3 Å². The summed E-state index contributed by atoms with van der Waals surface area (Å²) in [5, 5.41) is 2.48. The first-order valence-electron chi connectivity index (χ1n) is 7.01. The second kappa shape index (κ2) is 7.72. The lowest BCUT2D eigenvalue weighted by atomic mass is 10.1. The molecule has 1 amide bonds. The molecule has 1 aromatic carbocycles. The summed E-state index contributed by atoms with van der Waals surface area (Å²) in [6.45, 7) is 2.58. The lowest BCUT2D eigenvalue weighted by molar-refractivity contribution is -0.183. The van der Waals surface area contributed by atoms with E-state index in [0.717, 1.165) is 17.5 Å². The van der Waals surface area contributed by atoms with Crippen LogP contribution in [0.2, 0.25) is 0 Å². The van der Waals surface area contributed by atoms with Crippen LogP contribution in [0.4, 0.5) is 0 Å². The first-order valence-corrected chi connectivity index (χ1v) is 7.01. The minimum atomic E-state index is -0.615. The number of amides is 1. The Hall–Kier alpha value is -2.18. The number of esters is 1. The van der Waals surface area contributed by atoms with Crippen LogP contribution in [0.25, 0.3) is 6.08 Å². The SMILES string of the molecule is COC(=O)/C(=C/c1ccccc1C1OCCCO1)NC(C)=O. The number of methoxy groups -OCH3 is 1. The fourth-order valence-electron chi connectivity index (χ4n) is 2.13. The largest absolute Gasteiger partial charge is 0.464 e. The molecule has 6 nitrogen and oxygen atoms in total. The maximum Gasteiger partial charge on any atom is 0.354 e. The zero-order chi connectivity index (χ0) is 15.9. The molecule has 1 fully saturated rings. The van der Waals surface area contributed by atoms with Crippen LogP contribution in [0, 0.1) is 0 Å². The summed E-state index contributed by atoms with van der Waals surface area (Å²) in [5.74, 6) is -0.963. The van der Waals surface area contributed by atoms with Gasteiger partial charge in [0.15, 0.2) is 6.29 Å². The van der Waals surface area contributed by atoms with Crippen molar-refractivity contribution in [2.75, 3.05) is 20.3 Å². The Kier molecular flexibility index (Phi) is 5.68. The Morgan fingerprint density at radius 2 is 1.95 bits per heavy atom. The van der Waals surface area contributed by atoms with E-state index in [-0.39, 0.29) is 11.6 Å². The molecule has 6 heteroatoms. The smallest absolute Gasteiger partial charge is 0.354 e. The van der Waals surface area contributed by atoms with E-state index >= 15 is 0 Å². The molecular weight excluding hydrogens is 286 g/mol. The Bertz CT molecular complexity index is 576. The van der Waals surface area contributed by atoms with Gasteiger partial charge in [0.2, 0.25) is 5.91 Å². The number of rotatable bonds is 4. The number of ether oxygens (including phenoxy) is 3. The van der Waals surface area contributed by atoms with Crippen molar-refractivity contribution in [3.8, 4) is 0 Å². The molecule has 0 spiro atoms. The van der Waals surface area contributed by atoms with Crippen LogP contribution < -0.4 is 5.32 Å². The van der Waals surface area contributed by atoms with Crippen LogP contribution in [0.3, 0.4) is 0 Å². The van der Waals surface area contributed by atoms with Crippen molar-refractivity contribution < 1.29 is 23.8 Å². The molecule has 1 aliphatic rings. The highest BCUT2D eigenvalue weighted by Gasteiger charge is 2.20. The Balaban J connectivity index is 2.34. The minimum Gasteiger partial charge on any atom is -0.464 e. The molecule has 22 heavy (non-hydrogen) atoms. The predicted octanol–water partition coefficient (Wildman–Crippen LogP) is 1.77. The van der Waals surface area contributed by atoms with Crippen molar-refractivity contribution in [3.05, 3.63) is 41.1 Å². The van der Waals surface area contributed by atoms with Crippen molar-refractivity contribution in [3.63, 3.8) is 0 Å². The van der Waals surface area contributed by atoms with E-state index in [1.165, 1.54) is 14.0 Å². The average Bonchev–Trinajstić information content (AvgIpc) is 2.54. The van der Waals surface area contributed by atoms with Crippen LogP contribution in [-0.4, -0.2) is 32.2 Å². The predicted molar refractivity (Wildman–Crippen MR) is 79.5 cm³/mol. The molecule has 0 aliphatic carbocycles. The third-order valence-electron chi connectivity index (χ3n) is 3.09. The first-order chi connectivity index (χ1) is 10.6. The fourth-order valence-corrected chi connectivity index (χ4v) is 2.13. The molecule has 0 unspecified atom stereocenters. The molecule has 1 saturated heterocycles. The van der Waals surface area contributed by atoms with E-state index in [9.17, 15) is 9.59 Å². The summed E-state index contributed by atoms with van der Waals surface area (Å²) >= 11 is 0. The molecule has 1 aliphatic heterocycles. The summed E-state index contributed by atoms with van der Waals surface area (Å²) in [7, 11) is 1.26. The number of hydrogen-bond acceptors (Lipinski definition) is 5. The van der Waals surface area contributed by atoms with Crippen molar-refractivity contribution in [2.45, 2.75) is 19.6 Å². The molecule has 0 bridgehead atoms. The molecule has 0 radical (unpaired) electrons. The van der Waals surface area contributed by atoms with Gasteiger partial charge >= 0.3 is 5.97 Å². The molecular formula is C16H19NO5. The van der Waals surface area contributed by atoms with Crippen LogP contribution >= 0.6 is 0 Å². The molecule has 1 heterocycles. The second-order valence-corrected chi connectivity index (χ2v) is 4.79. The first kappa shape index (κ1) is 16.2. The lowest BCUT2D eigenvalue weighted by Gasteiger charge is -2.24. The van der Waals surface area contributed by atoms with Gasteiger partial charge in [0.25, 0.3) is 0 Å². The molecule has 2 rings (SSSR count). The van der Waals surface area contributed by atoms with Crippen LogP contribution in [0.15, 0.2) is 30.0 Å². The van der Waals surface area contributed by atoms with E-state index in [4.69, 9.17) is 9.47 Å². The molecule has 1 N–H and O–H groups in total. The minimum absolute atomic E-state index is 0.0678. The highest BCUT2D eigenvalue weighted by molar-refractivity contribution is 5.97. The standard InChI is InChI=1S/C16H19NO5/c1-11(18)17-14(15(19)20-2)10-12-6-3-4-7-13(12)16-21-8-5-9-22-16/h3-4,6-7,10,16H,5,8-9H2,1-2H3,(H,17,18)/b14-10-. The van der Waals surface area contributed by atoms with E-state index in [1.54, 1.807) is 6.08 Å². The third kappa shape index (κ3) is 4.16. The zero-order valence-corrected chi connectivity index (χ0v) is 12.6. The Morgan fingerprint density at radius 3 is 2.59 bits per heavy atom. The van der Waals surface area contributed by atoms with Gasteiger partial charge in [-0.3, -0.25) is 4.79 Å². The zero-order valence-electron chi connectivity index (χ0n) is 12.6. The van der Waals surface area contributed by atoms with Crippen LogP contribution in [-0.2, 0) is 23.8 Å². The Labute approximate surface area is 129 Å².